The minimum atomic E-state index is -0.442. The number of rotatable bonds is 13. The minimum Gasteiger partial charge on any atom is -0.462 e. The molecule has 1 heterocycles. The highest BCUT2D eigenvalue weighted by Gasteiger charge is 2.54. The zero-order chi connectivity index (χ0) is 21.3. The van der Waals surface area contributed by atoms with Gasteiger partial charge in [-0.1, -0.05) is 31.9 Å². The number of carbonyl (C=O) groups is 2. The first-order valence-electron chi connectivity index (χ1n) is 10.4. The van der Waals surface area contributed by atoms with Crippen molar-refractivity contribution in [3.63, 3.8) is 0 Å². The number of allylic oxidation sites excluding steroid dienone is 3. The molecule has 1 N–H and O–H groups in total. The van der Waals surface area contributed by atoms with E-state index in [2.05, 4.69) is 13.8 Å². The van der Waals surface area contributed by atoms with Crippen LogP contribution in [0.25, 0.3) is 0 Å². The van der Waals surface area contributed by atoms with E-state index in [4.69, 9.17) is 9.47 Å². The predicted molar refractivity (Wildman–Crippen MR) is 111 cm³/mol. The van der Waals surface area contributed by atoms with E-state index in [0.29, 0.717) is 12.5 Å². The van der Waals surface area contributed by atoms with Crippen molar-refractivity contribution in [2.45, 2.75) is 85.4 Å². The molecule has 28 heavy (non-hydrogen) atoms. The summed E-state index contributed by atoms with van der Waals surface area (Å²) in [5, 5.41) is 9.78. The third-order valence-electron chi connectivity index (χ3n) is 5.70. The fourth-order valence-corrected chi connectivity index (χ4v) is 3.15. The number of ketones is 1. The molecule has 1 aliphatic rings. The van der Waals surface area contributed by atoms with E-state index in [0.717, 1.165) is 43.3 Å². The van der Waals surface area contributed by atoms with Gasteiger partial charge in [0.05, 0.1) is 12.7 Å². The molecule has 0 aromatic rings. The summed E-state index contributed by atoms with van der Waals surface area (Å²) in [6.45, 7) is 11.9. The van der Waals surface area contributed by atoms with E-state index in [1.807, 2.05) is 26.8 Å². The topological polar surface area (TPSA) is 76.1 Å². The second kappa shape index (κ2) is 11.5. The molecule has 3 atom stereocenters. The third-order valence-corrected chi connectivity index (χ3v) is 5.70. The van der Waals surface area contributed by atoms with Gasteiger partial charge >= 0.3 is 5.97 Å². The second-order valence-electron chi connectivity index (χ2n) is 8.46. The minimum absolute atomic E-state index is 0.00639. The lowest BCUT2D eigenvalue weighted by Gasteiger charge is -2.13. The van der Waals surface area contributed by atoms with E-state index in [9.17, 15) is 14.7 Å². The molecule has 5 nitrogen and oxygen atoms in total. The Labute approximate surface area is 170 Å². The first kappa shape index (κ1) is 24.6. The molecule has 0 saturated carbocycles. The number of aliphatic hydroxyl groups is 1. The van der Waals surface area contributed by atoms with Gasteiger partial charge in [-0.05, 0) is 64.0 Å². The number of ether oxygens (including phenoxy) is 2. The van der Waals surface area contributed by atoms with Crippen LogP contribution in [0.1, 0.15) is 73.6 Å². The van der Waals surface area contributed by atoms with Crippen LogP contribution >= 0.6 is 0 Å². The fraction of sp³-hybridized carbons (Fsp3) is 0.739. The summed E-state index contributed by atoms with van der Waals surface area (Å²) in [6, 6.07) is 0. The lowest BCUT2D eigenvalue weighted by molar-refractivity contribution is -0.139. The summed E-state index contributed by atoms with van der Waals surface area (Å²) >= 11 is 0. The molecule has 0 aliphatic carbocycles. The van der Waals surface area contributed by atoms with Crippen LogP contribution < -0.4 is 0 Å². The first-order chi connectivity index (χ1) is 13.1. The van der Waals surface area contributed by atoms with Gasteiger partial charge < -0.3 is 14.6 Å². The highest BCUT2D eigenvalue weighted by atomic mass is 16.6. The van der Waals surface area contributed by atoms with Crippen molar-refractivity contribution >= 4 is 11.8 Å². The van der Waals surface area contributed by atoms with Crippen molar-refractivity contribution in [1.29, 1.82) is 0 Å². The van der Waals surface area contributed by atoms with Gasteiger partial charge in [-0.25, -0.2) is 0 Å². The number of epoxide rings is 1. The Bertz CT molecular complexity index is 590. The summed E-state index contributed by atoms with van der Waals surface area (Å²) in [6.07, 6.45) is 7.87. The van der Waals surface area contributed by atoms with Crippen LogP contribution in [0.3, 0.4) is 0 Å². The van der Waals surface area contributed by atoms with E-state index < -0.39 is 5.60 Å². The largest absolute Gasteiger partial charge is 0.462 e. The van der Waals surface area contributed by atoms with E-state index in [1.165, 1.54) is 6.92 Å². The van der Waals surface area contributed by atoms with Crippen LogP contribution in [-0.4, -0.2) is 41.8 Å². The van der Waals surface area contributed by atoms with Crippen molar-refractivity contribution in [3.05, 3.63) is 23.3 Å². The van der Waals surface area contributed by atoms with Crippen LogP contribution in [0, 0.1) is 11.8 Å². The molecule has 160 valence electrons. The molecule has 0 spiro atoms. The van der Waals surface area contributed by atoms with Gasteiger partial charge in [0.15, 0.2) is 5.78 Å². The Morgan fingerprint density at radius 3 is 2.46 bits per heavy atom. The van der Waals surface area contributed by atoms with Crippen molar-refractivity contribution in [2.75, 3.05) is 13.2 Å². The molecule has 1 saturated heterocycles. The highest BCUT2D eigenvalue weighted by Crippen LogP contribution is 2.44. The lowest BCUT2D eigenvalue weighted by atomic mass is 9.91. The quantitative estimate of drug-likeness (QED) is 0.217. The maximum atomic E-state index is 12.3. The third kappa shape index (κ3) is 8.27. The average Bonchev–Trinajstić information content (AvgIpc) is 3.32. The number of carbonyl (C=O) groups excluding carboxylic acids is 2. The van der Waals surface area contributed by atoms with Gasteiger partial charge in [-0.3, -0.25) is 9.59 Å². The fourth-order valence-electron chi connectivity index (χ4n) is 3.15. The number of hydrogen-bond donors (Lipinski definition) is 1. The molecule has 1 aliphatic heterocycles. The average molecular weight is 395 g/mol. The molecule has 0 aromatic heterocycles. The van der Waals surface area contributed by atoms with Crippen LogP contribution in [0.15, 0.2) is 23.3 Å². The van der Waals surface area contributed by atoms with Crippen LogP contribution in [-0.2, 0) is 19.1 Å². The normalized spacial score (nSPS) is 23.6. The molecule has 0 amide bonds. The summed E-state index contributed by atoms with van der Waals surface area (Å²) in [5.41, 5.74) is 1.82. The maximum Gasteiger partial charge on any atom is 0.302 e. The summed E-state index contributed by atoms with van der Waals surface area (Å²) < 4.78 is 10.7. The van der Waals surface area contributed by atoms with Gasteiger partial charge in [-0.2, -0.15) is 0 Å². The Morgan fingerprint density at radius 2 is 1.89 bits per heavy atom. The summed E-state index contributed by atoms with van der Waals surface area (Å²) in [7, 11) is 0. The molecule has 0 unspecified atom stereocenters. The van der Waals surface area contributed by atoms with Crippen molar-refractivity contribution in [1.82, 2.24) is 0 Å². The SMILES string of the molecule is CC(=O)OC/C=C(\C)CC[C@@H]1O[C@@]1(CO)CCC[C@H](C)C(=O)/C=C(\C)C(C)C. The molecule has 1 rings (SSSR count). The molecule has 0 bridgehead atoms. The number of hydrogen-bond acceptors (Lipinski definition) is 5. The Hall–Kier alpha value is -1.46. The summed E-state index contributed by atoms with van der Waals surface area (Å²) in [4.78, 5) is 23.0. The van der Waals surface area contributed by atoms with Gasteiger partial charge in [0.25, 0.3) is 0 Å². The first-order valence-corrected chi connectivity index (χ1v) is 10.4. The molecule has 0 radical (unpaired) electrons. The van der Waals surface area contributed by atoms with E-state index >= 15 is 0 Å². The molecule has 0 aromatic carbocycles. The molecular formula is C23H38O5. The van der Waals surface area contributed by atoms with Crippen LogP contribution in [0.2, 0.25) is 0 Å². The van der Waals surface area contributed by atoms with Gasteiger partial charge in [-0.15, -0.1) is 0 Å². The Kier molecular flexibility index (Phi) is 10.1. The smallest absolute Gasteiger partial charge is 0.302 e. The van der Waals surface area contributed by atoms with Crippen molar-refractivity contribution in [3.8, 4) is 0 Å². The lowest BCUT2D eigenvalue weighted by Crippen LogP contribution is -2.21. The van der Waals surface area contributed by atoms with E-state index in [1.54, 1.807) is 6.08 Å². The Balaban J connectivity index is 2.36. The predicted octanol–water partition coefficient (Wildman–Crippen LogP) is 4.38. The molecular weight excluding hydrogens is 356 g/mol. The number of aliphatic hydroxyl groups excluding tert-OH is 1. The second-order valence-corrected chi connectivity index (χ2v) is 8.46. The Morgan fingerprint density at radius 1 is 1.21 bits per heavy atom. The highest BCUT2D eigenvalue weighted by molar-refractivity contribution is 5.92. The monoisotopic (exact) mass is 394 g/mol. The zero-order valence-electron chi connectivity index (χ0n) is 18.4. The molecule has 5 heteroatoms. The molecule has 1 fully saturated rings. The summed E-state index contributed by atoms with van der Waals surface area (Å²) in [5.74, 6) is 0.288. The van der Waals surface area contributed by atoms with E-state index in [-0.39, 0.29) is 30.4 Å². The standard InChI is InChI=1S/C23H38O5/c1-16(2)19(5)14-21(26)18(4)8-7-12-23(15-24)22(28-23)10-9-17(3)11-13-27-20(6)25/h11,14,16,18,22,24H,7-10,12-13,15H2,1-6H3/b17-11+,19-14+/t18-,22-,23+/m0/s1. The van der Waals surface area contributed by atoms with Crippen molar-refractivity contribution < 1.29 is 24.2 Å². The van der Waals surface area contributed by atoms with Crippen molar-refractivity contribution in [2.24, 2.45) is 11.8 Å². The van der Waals surface area contributed by atoms with Crippen LogP contribution in [0.5, 0.6) is 0 Å². The van der Waals surface area contributed by atoms with Gasteiger partial charge in [0, 0.05) is 12.8 Å². The van der Waals surface area contributed by atoms with Gasteiger partial charge in [0.2, 0.25) is 0 Å². The van der Waals surface area contributed by atoms with Gasteiger partial charge in [0.1, 0.15) is 12.2 Å². The maximum absolute atomic E-state index is 12.3. The van der Waals surface area contributed by atoms with Crippen LogP contribution in [0.4, 0.5) is 0 Å². The zero-order valence-corrected chi connectivity index (χ0v) is 18.4. The number of esters is 1.